The molecular formula is C33H38O5. The Morgan fingerprint density at radius 3 is 1.84 bits per heavy atom. The van der Waals surface area contributed by atoms with Crippen molar-refractivity contribution in [3.8, 4) is 16.9 Å². The summed E-state index contributed by atoms with van der Waals surface area (Å²) >= 11 is 0. The van der Waals surface area contributed by atoms with Crippen molar-refractivity contribution in [2.75, 3.05) is 26.4 Å². The van der Waals surface area contributed by atoms with Crippen molar-refractivity contribution in [3.63, 3.8) is 0 Å². The van der Waals surface area contributed by atoms with Crippen LogP contribution in [0.1, 0.15) is 44.4 Å². The molecular weight excluding hydrogens is 476 g/mol. The molecule has 0 amide bonds. The molecule has 0 fully saturated rings. The number of carbonyl (C=O) groups excluding carboxylic acids is 1. The number of hydrogen-bond acceptors (Lipinski definition) is 5. The van der Waals surface area contributed by atoms with Gasteiger partial charge in [0, 0.05) is 13.0 Å². The van der Waals surface area contributed by atoms with Crippen LogP contribution in [-0.2, 0) is 20.7 Å². The Hall–Kier alpha value is -3.67. The molecule has 0 saturated carbocycles. The lowest BCUT2D eigenvalue weighted by atomic mass is 9.98. The molecule has 0 spiro atoms. The third-order valence-electron chi connectivity index (χ3n) is 6.31. The summed E-state index contributed by atoms with van der Waals surface area (Å²) in [6, 6.07) is 24.6. The average Bonchev–Trinajstić information content (AvgIpc) is 2.94. The minimum atomic E-state index is -0.596. The molecule has 3 rings (SSSR count). The fourth-order valence-electron chi connectivity index (χ4n) is 4.07. The third-order valence-corrected chi connectivity index (χ3v) is 6.31. The van der Waals surface area contributed by atoms with E-state index < -0.39 is 6.10 Å². The van der Waals surface area contributed by atoms with E-state index in [-0.39, 0.29) is 12.6 Å². The molecule has 0 aromatic heterocycles. The van der Waals surface area contributed by atoms with Crippen LogP contribution >= 0.6 is 0 Å². The summed E-state index contributed by atoms with van der Waals surface area (Å²) in [6.07, 6.45) is 3.75. The van der Waals surface area contributed by atoms with Gasteiger partial charge >= 0.3 is 5.97 Å². The summed E-state index contributed by atoms with van der Waals surface area (Å²) in [6.45, 7) is 9.04. The van der Waals surface area contributed by atoms with E-state index in [4.69, 9.17) is 19.3 Å². The van der Waals surface area contributed by atoms with Gasteiger partial charge in [-0.15, -0.1) is 0 Å². The number of aliphatic hydroxyl groups excluding tert-OH is 1. The summed E-state index contributed by atoms with van der Waals surface area (Å²) in [7, 11) is 0. The molecule has 0 aliphatic heterocycles. The molecule has 0 radical (unpaired) electrons. The van der Waals surface area contributed by atoms with Gasteiger partial charge in [-0.05, 0) is 84.9 Å². The average molecular weight is 515 g/mol. The molecule has 0 aliphatic carbocycles. The van der Waals surface area contributed by atoms with Crippen LogP contribution in [0.3, 0.4) is 0 Å². The van der Waals surface area contributed by atoms with Crippen molar-refractivity contribution in [2.45, 2.75) is 40.2 Å². The van der Waals surface area contributed by atoms with Gasteiger partial charge in [0.05, 0.1) is 13.2 Å². The number of aliphatic hydroxyl groups is 1. The first kappa shape index (κ1) is 28.9. The van der Waals surface area contributed by atoms with Gasteiger partial charge < -0.3 is 19.3 Å². The molecule has 0 aliphatic rings. The largest absolute Gasteiger partial charge is 0.490 e. The first-order valence-corrected chi connectivity index (χ1v) is 13.1. The second-order valence-electron chi connectivity index (χ2n) is 8.97. The first-order valence-electron chi connectivity index (χ1n) is 13.1. The zero-order valence-electron chi connectivity index (χ0n) is 22.8. The van der Waals surface area contributed by atoms with Crippen LogP contribution < -0.4 is 4.74 Å². The standard InChI is InChI=1S/C33H38O5/c1-5-36-32(33(35)37-6-2)23-26-7-17-31(18-8-26)38-22-20-25(4)28-11-15-30(16-12-28)29-13-9-27(10-14-29)24(3)19-21-34/h7-20,32,34H,5-6,21-23H2,1-4H3/t32-/m0/s1. The van der Waals surface area contributed by atoms with E-state index in [1.54, 1.807) is 6.92 Å². The van der Waals surface area contributed by atoms with Gasteiger partial charge in [-0.25, -0.2) is 4.79 Å². The van der Waals surface area contributed by atoms with E-state index in [1.807, 2.05) is 44.2 Å². The zero-order valence-corrected chi connectivity index (χ0v) is 22.8. The van der Waals surface area contributed by atoms with Crippen LogP contribution in [0.15, 0.2) is 84.9 Å². The van der Waals surface area contributed by atoms with Crippen molar-refractivity contribution in [1.29, 1.82) is 0 Å². The summed E-state index contributed by atoms with van der Waals surface area (Å²) in [4.78, 5) is 12.1. The molecule has 0 unspecified atom stereocenters. The lowest BCUT2D eigenvalue weighted by Gasteiger charge is -2.15. The Balaban J connectivity index is 1.55. The molecule has 1 atom stereocenters. The number of benzene rings is 3. The van der Waals surface area contributed by atoms with Crippen LogP contribution in [0, 0.1) is 0 Å². The highest BCUT2D eigenvalue weighted by molar-refractivity contribution is 5.75. The lowest BCUT2D eigenvalue weighted by Crippen LogP contribution is -2.28. The van der Waals surface area contributed by atoms with E-state index in [0.717, 1.165) is 44.7 Å². The molecule has 1 N–H and O–H groups in total. The lowest BCUT2D eigenvalue weighted by molar-refractivity contribution is -0.156. The van der Waals surface area contributed by atoms with Crippen LogP contribution in [0.5, 0.6) is 5.75 Å². The molecule has 0 bridgehead atoms. The summed E-state index contributed by atoms with van der Waals surface area (Å²) in [5.41, 5.74) is 7.76. The predicted octanol–water partition coefficient (Wildman–Crippen LogP) is 6.74. The number of hydrogen-bond donors (Lipinski definition) is 1. The van der Waals surface area contributed by atoms with Gasteiger partial charge in [0.15, 0.2) is 6.10 Å². The van der Waals surface area contributed by atoms with Crippen molar-refractivity contribution in [1.82, 2.24) is 0 Å². The Bertz CT molecular complexity index is 1210. The molecule has 5 heteroatoms. The summed E-state index contributed by atoms with van der Waals surface area (Å²) in [5, 5.41) is 9.09. The zero-order chi connectivity index (χ0) is 27.3. The number of allylic oxidation sites excluding steroid dienone is 2. The van der Waals surface area contributed by atoms with Crippen molar-refractivity contribution >= 4 is 17.1 Å². The Morgan fingerprint density at radius 2 is 1.34 bits per heavy atom. The fourth-order valence-corrected chi connectivity index (χ4v) is 4.07. The quantitative estimate of drug-likeness (QED) is 0.256. The maximum Gasteiger partial charge on any atom is 0.335 e. The summed E-state index contributed by atoms with van der Waals surface area (Å²) in [5.74, 6) is 0.438. The number of esters is 1. The van der Waals surface area contributed by atoms with Gasteiger partial charge in [-0.1, -0.05) is 66.7 Å². The maximum atomic E-state index is 12.1. The fraction of sp³-hybridized carbons (Fsp3) is 0.303. The third kappa shape index (κ3) is 8.44. The second kappa shape index (κ2) is 14.9. The van der Waals surface area contributed by atoms with Crippen LogP contribution in [0.2, 0.25) is 0 Å². The van der Waals surface area contributed by atoms with E-state index in [1.165, 1.54) is 0 Å². The molecule has 5 nitrogen and oxygen atoms in total. The van der Waals surface area contributed by atoms with Crippen molar-refractivity contribution < 1.29 is 24.1 Å². The Morgan fingerprint density at radius 1 is 0.789 bits per heavy atom. The van der Waals surface area contributed by atoms with E-state index in [2.05, 4.69) is 61.5 Å². The van der Waals surface area contributed by atoms with Gasteiger partial charge in [0.25, 0.3) is 0 Å². The predicted molar refractivity (Wildman–Crippen MR) is 154 cm³/mol. The highest BCUT2D eigenvalue weighted by atomic mass is 16.6. The normalized spacial score (nSPS) is 12.8. The first-order chi connectivity index (χ1) is 18.4. The highest BCUT2D eigenvalue weighted by Crippen LogP contribution is 2.25. The van der Waals surface area contributed by atoms with Crippen LogP contribution in [0.4, 0.5) is 0 Å². The van der Waals surface area contributed by atoms with Gasteiger partial charge in [-0.2, -0.15) is 0 Å². The number of ether oxygens (including phenoxy) is 3. The van der Waals surface area contributed by atoms with Crippen LogP contribution in [0.25, 0.3) is 22.3 Å². The van der Waals surface area contributed by atoms with E-state index in [0.29, 0.717) is 26.2 Å². The maximum absolute atomic E-state index is 12.1. The van der Waals surface area contributed by atoms with Gasteiger partial charge in [-0.3, -0.25) is 0 Å². The number of rotatable bonds is 13. The second-order valence-corrected chi connectivity index (χ2v) is 8.97. The smallest absolute Gasteiger partial charge is 0.335 e. The molecule has 3 aromatic rings. The number of carbonyl (C=O) groups is 1. The van der Waals surface area contributed by atoms with Gasteiger partial charge in [0.2, 0.25) is 0 Å². The SMILES string of the molecule is CCOC(=O)[C@H](Cc1ccc(OCC=C(C)c2ccc(-c3ccc(C(C)=CCO)cc3)cc2)cc1)OCC. The van der Waals surface area contributed by atoms with E-state index in [9.17, 15) is 4.79 Å². The minimum Gasteiger partial charge on any atom is -0.490 e. The molecule has 200 valence electrons. The van der Waals surface area contributed by atoms with Crippen molar-refractivity contribution in [3.05, 3.63) is 102 Å². The molecule has 3 aromatic carbocycles. The minimum absolute atomic E-state index is 0.0487. The molecule has 38 heavy (non-hydrogen) atoms. The van der Waals surface area contributed by atoms with Crippen LogP contribution in [-0.4, -0.2) is 43.6 Å². The molecule has 0 saturated heterocycles. The van der Waals surface area contributed by atoms with E-state index >= 15 is 0 Å². The summed E-state index contributed by atoms with van der Waals surface area (Å²) < 4.78 is 16.6. The molecule has 0 heterocycles. The highest BCUT2D eigenvalue weighted by Gasteiger charge is 2.20. The van der Waals surface area contributed by atoms with Gasteiger partial charge in [0.1, 0.15) is 12.4 Å². The monoisotopic (exact) mass is 514 g/mol. The Kier molecular flexibility index (Phi) is 11.3. The Labute approximate surface area is 226 Å². The van der Waals surface area contributed by atoms with Crippen molar-refractivity contribution in [2.24, 2.45) is 0 Å². The topological polar surface area (TPSA) is 65.0 Å².